The number of carbonyl (C=O) groups excluding carboxylic acids is 2. The van der Waals surface area contributed by atoms with Crippen LogP contribution < -0.4 is 15.4 Å². The molecule has 6 aromatic rings. The average molecular weight is 897 g/mol. The van der Waals surface area contributed by atoms with E-state index in [9.17, 15) is 26.4 Å². The number of piperidine rings is 2. The Morgan fingerprint density at radius 3 is 1.25 bits per heavy atom. The van der Waals surface area contributed by atoms with Crippen molar-refractivity contribution in [1.82, 2.24) is 18.6 Å². The van der Waals surface area contributed by atoms with Crippen molar-refractivity contribution in [2.24, 2.45) is 11.8 Å². The minimum atomic E-state index is -3.61. The molecule has 2 fully saturated rings. The van der Waals surface area contributed by atoms with Crippen molar-refractivity contribution in [2.75, 3.05) is 36.8 Å². The summed E-state index contributed by atoms with van der Waals surface area (Å²) in [7, 11) is -7.21. The van der Waals surface area contributed by atoms with E-state index in [1.807, 2.05) is 59.3 Å². The molecule has 2 amide bonds. The van der Waals surface area contributed by atoms with Gasteiger partial charge in [0.05, 0.1) is 21.2 Å². The van der Waals surface area contributed by atoms with E-state index in [-0.39, 0.29) is 21.6 Å². The van der Waals surface area contributed by atoms with E-state index in [0.717, 1.165) is 36.8 Å². The van der Waals surface area contributed by atoms with E-state index in [2.05, 4.69) is 34.4 Å². The summed E-state index contributed by atoms with van der Waals surface area (Å²) in [6.45, 7) is 6.26. The summed E-state index contributed by atoms with van der Waals surface area (Å²) < 4.78 is 61.4. The Hall–Kier alpha value is -5.30. The Morgan fingerprint density at radius 1 is 0.557 bits per heavy atom. The molecule has 2 saturated heterocycles. The number of nitrogens with one attached hydrogen (secondary N) is 2. The minimum Gasteiger partial charge on any atom is -0.457 e. The van der Waals surface area contributed by atoms with Crippen LogP contribution in [-0.2, 0) is 20.0 Å². The molecule has 2 N–H and O–H groups in total. The van der Waals surface area contributed by atoms with Crippen molar-refractivity contribution in [2.45, 2.75) is 49.3 Å². The summed E-state index contributed by atoms with van der Waals surface area (Å²) in [6, 6.07) is 26.8. The Labute approximate surface area is 363 Å². The molecule has 0 saturated carbocycles. The largest absolute Gasteiger partial charge is 0.457 e. The van der Waals surface area contributed by atoms with Crippen LogP contribution in [0.1, 0.15) is 60.2 Å². The van der Waals surface area contributed by atoms with Gasteiger partial charge < -0.3 is 4.74 Å². The van der Waals surface area contributed by atoms with Gasteiger partial charge in [-0.15, -0.1) is 22.7 Å². The summed E-state index contributed by atoms with van der Waals surface area (Å²) in [6.07, 6.45) is 3.35. The molecule has 0 spiro atoms. The Kier molecular flexibility index (Phi) is 12.5. The van der Waals surface area contributed by atoms with Crippen LogP contribution in [-0.4, -0.2) is 73.4 Å². The Morgan fingerprint density at radius 2 is 0.902 bits per heavy atom. The van der Waals surface area contributed by atoms with Crippen LogP contribution in [0.4, 0.5) is 10.3 Å². The topological polar surface area (TPSA) is 168 Å². The zero-order valence-electron chi connectivity index (χ0n) is 33.5. The summed E-state index contributed by atoms with van der Waals surface area (Å²) in [4.78, 5) is 35.5. The van der Waals surface area contributed by atoms with Gasteiger partial charge in [-0.05, 0) is 135 Å². The first-order valence-electron chi connectivity index (χ1n) is 19.9. The smallest absolute Gasteiger partial charge is 0.257 e. The summed E-state index contributed by atoms with van der Waals surface area (Å²) >= 11 is 2.57. The maximum atomic E-state index is 13.1. The number of sulfonamides is 2. The third-order valence-electron chi connectivity index (χ3n) is 11.0. The molecule has 0 unspecified atom stereocenters. The molecule has 17 heteroatoms. The number of benzene rings is 4. The normalized spacial score (nSPS) is 16.0. The van der Waals surface area contributed by atoms with Crippen molar-refractivity contribution in [3.8, 4) is 34.0 Å². The molecule has 61 heavy (non-hydrogen) atoms. The summed E-state index contributed by atoms with van der Waals surface area (Å²) in [5.41, 5.74) is 3.69. The molecule has 0 radical (unpaired) electrons. The van der Waals surface area contributed by atoms with Crippen molar-refractivity contribution in [3.63, 3.8) is 0 Å². The van der Waals surface area contributed by atoms with Crippen molar-refractivity contribution >= 4 is 64.8 Å². The quantitative estimate of drug-likeness (QED) is 0.122. The second kappa shape index (κ2) is 18.0. The van der Waals surface area contributed by atoms with E-state index in [1.165, 1.54) is 79.8 Å². The van der Waals surface area contributed by atoms with Crippen LogP contribution in [0.3, 0.4) is 0 Å². The van der Waals surface area contributed by atoms with Crippen LogP contribution in [0.2, 0.25) is 0 Å². The van der Waals surface area contributed by atoms with Crippen molar-refractivity contribution < 1.29 is 31.2 Å². The fraction of sp³-hybridized carbons (Fsp3) is 0.273. The fourth-order valence-electron chi connectivity index (χ4n) is 7.09. The van der Waals surface area contributed by atoms with Crippen LogP contribution in [0.25, 0.3) is 22.5 Å². The molecule has 0 aliphatic carbocycles. The third kappa shape index (κ3) is 9.77. The van der Waals surface area contributed by atoms with E-state index in [0.29, 0.717) is 82.3 Å². The van der Waals surface area contributed by atoms with Gasteiger partial charge in [0.15, 0.2) is 10.3 Å². The molecule has 13 nitrogen and oxygen atoms in total. The molecule has 4 aromatic carbocycles. The monoisotopic (exact) mass is 896 g/mol. The summed E-state index contributed by atoms with van der Waals surface area (Å²) in [5, 5.41) is 10.1. The molecule has 2 aliphatic rings. The van der Waals surface area contributed by atoms with Gasteiger partial charge in [-0.1, -0.05) is 13.8 Å². The second-order valence-electron chi connectivity index (χ2n) is 15.4. The van der Waals surface area contributed by atoms with Crippen LogP contribution in [0.5, 0.6) is 11.5 Å². The number of hydrogen-bond donors (Lipinski definition) is 2. The molecule has 4 heterocycles. The second-order valence-corrected chi connectivity index (χ2v) is 20.9. The van der Waals surface area contributed by atoms with Crippen LogP contribution in [0, 0.1) is 11.8 Å². The van der Waals surface area contributed by atoms with Gasteiger partial charge >= 0.3 is 0 Å². The van der Waals surface area contributed by atoms with Crippen LogP contribution in [0.15, 0.2) is 118 Å². The van der Waals surface area contributed by atoms with Crippen molar-refractivity contribution in [3.05, 3.63) is 119 Å². The maximum Gasteiger partial charge on any atom is 0.257 e. The Balaban J connectivity index is 0.821. The molecule has 2 aliphatic heterocycles. The lowest BCUT2D eigenvalue weighted by Crippen LogP contribution is -2.37. The molecular weight excluding hydrogens is 853 g/mol. The summed E-state index contributed by atoms with van der Waals surface area (Å²) in [5.74, 6) is 1.49. The zero-order valence-corrected chi connectivity index (χ0v) is 36.7. The highest BCUT2D eigenvalue weighted by atomic mass is 32.2. The molecule has 2 aromatic heterocycles. The highest BCUT2D eigenvalue weighted by molar-refractivity contribution is 7.89. The highest BCUT2D eigenvalue weighted by Gasteiger charge is 2.29. The first kappa shape index (κ1) is 42.4. The molecule has 0 bridgehead atoms. The lowest BCUT2D eigenvalue weighted by Gasteiger charge is -2.29. The number of rotatable bonds is 12. The lowest BCUT2D eigenvalue weighted by atomic mass is 10.0. The number of nitrogens with zero attached hydrogens (tertiary/aromatic N) is 4. The number of thiazole rings is 2. The number of amides is 2. The van der Waals surface area contributed by atoms with E-state index >= 15 is 0 Å². The fourth-order valence-corrected chi connectivity index (χ4v) is 11.5. The van der Waals surface area contributed by atoms with Gasteiger partial charge in [-0.3, -0.25) is 20.2 Å². The predicted molar refractivity (Wildman–Crippen MR) is 238 cm³/mol. The van der Waals surface area contributed by atoms with Gasteiger partial charge in [0.25, 0.3) is 11.8 Å². The molecular formula is C44H44N6O7S4. The van der Waals surface area contributed by atoms with Crippen LogP contribution >= 0.6 is 22.7 Å². The number of ether oxygens (including phenoxy) is 1. The van der Waals surface area contributed by atoms with Gasteiger partial charge in [-0.25, -0.2) is 26.8 Å². The molecule has 316 valence electrons. The average Bonchev–Trinajstić information content (AvgIpc) is 3.95. The first-order chi connectivity index (χ1) is 29.3. The van der Waals surface area contributed by atoms with Gasteiger partial charge in [0.1, 0.15) is 11.5 Å². The van der Waals surface area contributed by atoms with Crippen molar-refractivity contribution in [1.29, 1.82) is 0 Å². The highest BCUT2D eigenvalue weighted by Crippen LogP contribution is 2.32. The number of anilines is 2. The third-order valence-corrected chi connectivity index (χ3v) is 16.3. The zero-order chi connectivity index (χ0) is 42.7. The SMILES string of the molecule is CC1CCN(S(=O)(=O)c2ccc(C(=O)Nc3nc(-c4ccc(Oc5ccc(-c6csc(NC(=O)c7ccc(S(=O)(=O)N8CCC(C)CC8)cc7)n6)cc5)cc4)cs3)cc2)CC1. The molecule has 8 rings (SSSR count). The van der Waals surface area contributed by atoms with E-state index in [4.69, 9.17) is 4.74 Å². The van der Waals surface area contributed by atoms with E-state index in [1.54, 1.807) is 0 Å². The lowest BCUT2D eigenvalue weighted by molar-refractivity contribution is 0.101. The Bertz CT molecular complexity index is 2530. The minimum absolute atomic E-state index is 0.176. The van der Waals surface area contributed by atoms with Gasteiger partial charge in [-0.2, -0.15) is 8.61 Å². The molecule has 0 atom stereocenters. The van der Waals surface area contributed by atoms with E-state index < -0.39 is 20.0 Å². The number of carbonyl (C=O) groups is 2. The predicted octanol–water partition coefficient (Wildman–Crippen LogP) is 9.07. The first-order valence-corrected chi connectivity index (χ1v) is 24.6. The number of aromatic nitrogens is 2. The number of hydrogen-bond acceptors (Lipinski definition) is 11. The van der Waals surface area contributed by atoms with Gasteiger partial charge in [0.2, 0.25) is 20.0 Å². The maximum absolute atomic E-state index is 13.1. The van der Waals surface area contributed by atoms with Gasteiger partial charge in [0, 0.05) is 59.2 Å². The standard InChI is InChI=1S/C44H44N6O7S4/c1-29-19-23-49(24-20-29)60(53,54)37-15-7-33(8-16-37)41(51)47-43-45-39(27-58-43)31-3-11-35(12-4-31)57-36-13-5-32(6-14-36)40-28-59-44(46-40)48-42(52)34-9-17-38(18-10-34)61(55,56)50-25-21-30(2)22-26-50/h3-18,27-30H,19-26H2,1-2H3,(H,45,47,51)(H,46,48,52).